The van der Waals surface area contributed by atoms with E-state index >= 15 is 0 Å². The molecule has 5 rings (SSSR count). The highest BCUT2D eigenvalue weighted by Gasteiger charge is 2.18. The van der Waals surface area contributed by atoms with Gasteiger partial charge in [0, 0.05) is 6.42 Å². The molecule has 0 N–H and O–H groups in total. The quantitative estimate of drug-likeness (QED) is 0.684. The lowest BCUT2D eigenvalue weighted by atomic mass is 10.1. The number of aromatic nitrogens is 2. The number of hydrogen-bond acceptors (Lipinski definition) is 6. The second-order valence-corrected chi connectivity index (χ2v) is 6.40. The molecule has 0 spiro atoms. The van der Waals surface area contributed by atoms with Crippen molar-refractivity contribution in [2.24, 2.45) is 4.99 Å². The van der Waals surface area contributed by atoms with Crippen molar-refractivity contribution in [2.75, 3.05) is 13.2 Å². The number of carbonyl (C=O) groups is 1. The Morgan fingerprint density at radius 2 is 1.75 bits per heavy atom. The maximum atomic E-state index is 11.8. The van der Waals surface area contributed by atoms with Crippen LogP contribution in [0.25, 0.3) is 11.0 Å². The molecule has 2 aliphatic rings. The monoisotopic (exact) mass is 377 g/mol. The van der Waals surface area contributed by atoms with Gasteiger partial charge < -0.3 is 14.0 Å². The first-order valence-corrected chi connectivity index (χ1v) is 9.03. The largest absolute Gasteiger partial charge is 0.348 e. The lowest BCUT2D eigenvalue weighted by Gasteiger charge is -2.13. The van der Waals surface area contributed by atoms with E-state index in [2.05, 4.69) is 9.98 Å². The molecule has 142 valence electrons. The molecule has 0 atom stereocenters. The number of carbonyl (C=O) groups excluding carboxylic acids is 1. The molecule has 0 radical (unpaired) electrons. The van der Waals surface area contributed by atoms with E-state index in [4.69, 9.17) is 9.47 Å². The Kier molecular flexibility index (Phi) is 5.36. The summed E-state index contributed by atoms with van der Waals surface area (Å²) in [5.74, 6) is 0.0868. The maximum absolute atomic E-state index is 11.8. The van der Waals surface area contributed by atoms with Gasteiger partial charge in [0.05, 0.1) is 48.9 Å². The van der Waals surface area contributed by atoms with Gasteiger partial charge in [-0.15, -0.1) is 0 Å². The number of benzene rings is 2. The number of ether oxygens (including phenoxy) is 2. The Balaban J connectivity index is 0.000000151. The lowest BCUT2D eigenvalue weighted by molar-refractivity contribution is -0.112. The molecule has 1 fully saturated rings. The van der Waals surface area contributed by atoms with Crippen molar-refractivity contribution in [2.45, 2.75) is 19.3 Å². The second-order valence-electron chi connectivity index (χ2n) is 6.40. The van der Waals surface area contributed by atoms with Gasteiger partial charge in [0.25, 0.3) is 5.56 Å². The van der Waals surface area contributed by atoms with Crippen molar-refractivity contribution in [3.63, 3.8) is 0 Å². The minimum absolute atomic E-state index is 0.0868. The van der Waals surface area contributed by atoms with Gasteiger partial charge in [0.15, 0.2) is 12.1 Å². The van der Waals surface area contributed by atoms with E-state index in [0.29, 0.717) is 26.2 Å². The van der Waals surface area contributed by atoms with E-state index in [1.165, 1.54) is 12.4 Å². The molecule has 0 amide bonds. The number of para-hydroxylation sites is 3. The third-order valence-corrected chi connectivity index (χ3v) is 4.48. The van der Waals surface area contributed by atoms with Crippen LogP contribution in [0.5, 0.6) is 0 Å². The van der Waals surface area contributed by atoms with Crippen molar-refractivity contribution in [1.29, 1.82) is 0 Å². The molecule has 0 saturated carbocycles. The fraction of sp³-hybridized carbons (Fsp3) is 0.238. The van der Waals surface area contributed by atoms with Crippen LogP contribution in [0.1, 0.15) is 5.56 Å². The lowest BCUT2D eigenvalue weighted by Crippen LogP contribution is -2.27. The van der Waals surface area contributed by atoms with Crippen LogP contribution in [0.2, 0.25) is 0 Å². The van der Waals surface area contributed by atoms with Gasteiger partial charge in [-0.05, 0) is 23.8 Å². The van der Waals surface area contributed by atoms with Crippen molar-refractivity contribution in [3.05, 3.63) is 70.6 Å². The predicted octanol–water partition coefficient (Wildman–Crippen LogP) is 2.28. The van der Waals surface area contributed by atoms with Crippen molar-refractivity contribution < 1.29 is 14.3 Å². The Bertz CT molecular complexity index is 1080. The Labute approximate surface area is 161 Å². The first-order chi connectivity index (χ1) is 13.7. The molecule has 0 unspecified atom stereocenters. The zero-order valence-electron chi connectivity index (χ0n) is 15.2. The normalized spacial score (nSPS) is 15.9. The summed E-state index contributed by atoms with van der Waals surface area (Å²) in [4.78, 5) is 30.8. The van der Waals surface area contributed by atoms with E-state index in [0.717, 1.165) is 22.3 Å². The highest BCUT2D eigenvalue weighted by atomic mass is 16.7. The smallest absolute Gasteiger partial charge is 0.269 e. The SMILES string of the molecule is O=C1C=Nc2ccccc2C1.O=c1cnc2ccccc2n1CC1OCCO1. The Morgan fingerprint density at radius 1 is 1.00 bits per heavy atom. The van der Waals surface area contributed by atoms with Crippen LogP contribution in [0.3, 0.4) is 0 Å². The standard InChI is InChI=1S/C12H12N2O3.C9H7NO/c15-11-7-13-9-3-1-2-4-10(9)14(11)8-12-16-5-6-17-12;11-8-5-7-3-1-2-4-9(7)10-6-8/h1-4,7,12H,5-6,8H2;1-4,6H,5H2. The van der Waals surface area contributed by atoms with E-state index in [1.54, 1.807) is 4.57 Å². The van der Waals surface area contributed by atoms with Crippen molar-refractivity contribution in [3.8, 4) is 0 Å². The Hall–Kier alpha value is -3.16. The summed E-state index contributed by atoms with van der Waals surface area (Å²) in [6.45, 7) is 1.58. The Morgan fingerprint density at radius 3 is 2.61 bits per heavy atom. The van der Waals surface area contributed by atoms with Gasteiger partial charge in [0.2, 0.25) is 0 Å². The van der Waals surface area contributed by atoms with Gasteiger partial charge >= 0.3 is 0 Å². The third-order valence-electron chi connectivity index (χ3n) is 4.48. The van der Waals surface area contributed by atoms with Gasteiger partial charge in [-0.1, -0.05) is 30.3 Å². The molecule has 3 heterocycles. The summed E-state index contributed by atoms with van der Waals surface area (Å²) in [7, 11) is 0. The van der Waals surface area contributed by atoms with Gasteiger partial charge in [0.1, 0.15) is 0 Å². The third kappa shape index (κ3) is 4.05. The van der Waals surface area contributed by atoms with Crippen LogP contribution >= 0.6 is 0 Å². The molecule has 2 aromatic carbocycles. The predicted molar refractivity (Wildman–Crippen MR) is 105 cm³/mol. The number of hydrogen-bond donors (Lipinski definition) is 0. The number of nitrogens with zero attached hydrogens (tertiary/aromatic N) is 3. The van der Waals surface area contributed by atoms with Crippen LogP contribution in [0.15, 0.2) is 64.5 Å². The van der Waals surface area contributed by atoms with Gasteiger partial charge in [-0.2, -0.15) is 0 Å². The molecular weight excluding hydrogens is 358 g/mol. The summed E-state index contributed by atoms with van der Waals surface area (Å²) >= 11 is 0. The highest BCUT2D eigenvalue weighted by molar-refractivity contribution is 6.29. The van der Waals surface area contributed by atoms with Gasteiger partial charge in [-0.3, -0.25) is 14.6 Å². The number of ketones is 1. The van der Waals surface area contributed by atoms with Crippen LogP contribution in [0, 0.1) is 0 Å². The molecule has 1 aromatic heterocycles. The van der Waals surface area contributed by atoms with Crippen LogP contribution < -0.4 is 5.56 Å². The highest BCUT2D eigenvalue weighted by Crippen LogP contribution is 2.21. The van der Waals surface area contributed by atoms with Gasteiger partial charge in [-0.25, -0.2) is 4.98 Å². The molecule has 0 aliphatic carbocycles. The number of fused-ring (bicyclic) bond motifs is 2. The first-order valence-electron chi connectivity index (χ1n) is 9.03. The number of rotatable bonds is 2. The second kappa shape index (κ2) is 8.24. The molecule has 0 bridgehead atoms. The molecule has 7 heteroatoms. The van der Waals surface area contributed by atoms with Crippen LogP contribution in [-0.4, -0.2) is 41.1 Å². The fourth-order valence-corrected chi connectivity index (χ4v) is 3.13. The van der Waals surface area contributed by atoms with E-state index in [1.807, 2.05) is 48.5 Å². The van der Waals surface area contributed by atoms with Crippen molar-refractivity contribution >= 4 is 28.7 Å². The average molecular weight is 377 g/mol. The fourth-order valence-electron chi connectivity index (χ4n) is 3.13. The summed E-state index contributed by atoms with van der Waals surface area (Å²) in [6.07, 6.45) is 2.89. The summed E-state index contributed by atoms with van der Waals surface area (Å²) in [5, 5.41) is 0. The minimum atomic E-state index is -0.335. The number of Topliss-reactive ketones (excluding diaryl/α,β-unsaturated/α-hetero) is 1. The summed E-state index contributed by atoms with van der Waals surface area (Å²) in [6, 6.07) is 15.2. The topological polar surface area (TPSA) is 82.8 Å². The zero-order valence-corrected chi connectivity index (χ0v) is 15.2. The molecule has 2 aliphatic heterocycles. The van der Waals surface area contributed by atoms with E-state index in [-0.39, 0.29) is 17.6 Å². The van der Waals surface area contributed by atoms with Crippen molar-refractivity contribution in [1.82, 2.24) is 9.55 Å². The van der Waals surface area contributed by atoms with E-state index in [9.17, 15) is 9.59 Å². The molecule has 1 saturated heterocycles. The zero-order chi connectivity index (χ0) is 19.3. The summed E-state index contributed by atoms with van der Waals surface area (Å²) < 4.78 is 12.4. The minimum Gasteiger partial charge on any atom is -0.348 e. The van der Waals surface area contributed by atoms with Crippen LogP contribution in [0.4, 0.5) is 5.69 Å². The molecule has 7 nitrogen and oxygen atoms in total. The number of aliphatic imine (C=N–C) groups is 1. The molecule has 3 aromatic rings. The molecular formula is C21H19N3O4. The summed E-state index contributed by atoms with van der Waals surface area (Å²) in [5.41, 5.74) is 3.42. The first kappa shape index (κ1) is 18.2. The molecule has 28 heavy (non-hydrogen) atoms. The van der Waals surface area contributed by atoms with E-state index < -0.39 is 0 Å². The maximum Gasteiger partial charge on any atom is 0.269 e. The average Bonchev–Trinajstić information content (AvgIpc) is 3.24. The van der Waals surface area contributed by atoms with Crippen LogP contribution in [-0.2, 0) is 27.2 Å².